The largest absolute Gasteiger partial charge is 0.487 e. The van der Waals surface area contributed by atoms with Crippen LogP contribution in [0.3, 0.4) is 0 Å². The zero-order valence-corrected chi connectivity index (χ0v) is 12.0. The van der Waals surface area contributed by atoms with E-state index in [-0.39, 0.29) is 5.60 Å². The van der Waals surface area contributed by atoms with E-state index in [9.17, 15) is 0 Å². The molecule has 0 unspecified atom stereocenters. The van der Waals surface area contributed by atoms with E-state index < -0.39 is 0 Å². The molecular formula is C16H25NO. The maximum atomic E-state index is 5.89. The summed E-state index contributed by atoms with van der Waals surface area (Å²) in [6.45, 7) is 10.9. The Bertz CT molecular complexity index is 410. The lowest BCUT2D eigenvalue weighted by Gasteiger charge is -2.16. The van der Waals surface area contributed by atoms with Crippen LogP contribution < -0.4 is 10.1 Å². The second kappa shape index (κ2) is 5.31. The fourth-order valence-electron chi connectivity index (χ4n) is 2.40. The Morgan fingerprint density at radius 1 is 1.33 bits per heavy atom. The summed E-state index contributed by atoms with van der Waals surface area (Å²) in [5, 5.41) is 3.50. The van der Waals surface area contributed by atoms with E-state index in [2.05, 4.69) is 51.2 Å². The summed E-state index contributed by atoms with van der Waals surface area (Å²) < 4.78 is 5.89. The first-order valence-electron chi connectivity index (χ1n) is 6.98. The minimum absolute atomic E-state index is 0.0357. The lowest BCUT2D eigenvalue weighted by atomic mass is 10.0. The molecular weight excluding hydrogens is 222 g/mol. The molecule has 18 heavy (non-hydrogen) atoms. The van der Waals surface area contributed by atoms with Gasteiger partial charge in [0, 0.05) is 13.0 Å². The number of benzene rings is 1. The Balaban J connectivity index is 1.89. The molecule has 1 heterocycles. The zero-order valence-electron chi connectivity index (χ0n) is 12.0. The second-order valence-electron chi connectivity index (χ2n) is 6.34. The highest BCUT2D eigenvalue weighted by Gasteiger charge is 2.29. The molecule has 0 bridgehead atoms. The van der Waals surface area contributed by atoms with Gasteiger partial charge in [-0.15, -0.1) is 0 Å². The molecule has 100 valence electrons. The molecule has 0 fully saturated rings. The van der Waals surface area contributed by atoms with Gasteiger partial charge >= 0.3 is 0 Å². The van der Waals surface area contributed by atoms with Crippen molar-refractivity contribution in [2.45, 2.75) is 52.7 Å². The summed E-state index contributed by atoms with van der Waals surface area (Å²) >= 11 is 0. The molecule has 0 saturated heterocycles. The monoisotopic (exact) mass is 247 g/mol. The van der Waals surface area contributed by atoms with E-state index >= 15 is 0 Å². The third-order valence-corrected chi connectivity index (χ3v) is 3.35. The first-order valence-corrected chi connectivity index (χ1v) is 6.98. The van der Waals surface area contributed by atoms with E-state index in [1.807, 2.05) is 0 Å². The van der Waals surface area contributed by atoms with Crippen molar-refractivity contribution in [1.29, 1.82) is 0 Å². The summed E-state index contributed by atoms with van der Waals surface area (Å²) in [6, 6.07) is 6.57. The van der Waals surface area contributed by atoms with Gasteiger partial charge in [0.25, 0.3) is 0 Å². The number of ether oxygens (including phenoxy) is 1. The number of hydrogen-bond donors (Lipinski definition) is 1. The van der Waals surface area contributed by atoms with Gasteiger partial charge in [0.05, 0.1) is 0 Å². The SMILES string of the molecule is CC(C)CCNCc1ccc2c(c1)CC(C)(C)O2. The van der Waals surface area contributed by atoms with Crippen LogP contribution in [0.4, 0.5) is 0 Å². The van der Waals surface area contributed by atoms with E-state index in [1.165, 1.54) is 17.5 Å². The first-order chi connectivity index (χ1) is 8.46. The fourth-order valence-corrected chi connectivity index (χ4v) is 2.40. The molecule has 1 aromatic carbocycles. The van der Waals surface area contributed by atoms with Gasteiger partial charge in [-0.05, 0) is 49.9 Å². The molecule has 0 aliphatic carbocycles. The second-order valence-corrected chi connectivity index (χ2v) is 6.34. The van der Waals surface area contributed by atoms with Crippen molar-refractivity contribution in [2.24, 2.45) is 5.92 Å². The Labute approximate surface area is 111 Å². The first kappa shape index (κ1) is 13.4. The van der Waals surface area contributed by atoms with Crippen LogP contribution in [0, 0.1) is 5.92 Å². The predicted octanol–water partition coefficient (Wildman–Crippen LogP) is 3.54. The van der Waals surface area contributed by atoms with Gasteiger partial charge in [0.1, 0.15) is 11.4 Å². The summed E-state index contributed by atoms with van der Waals surface area (Å²) in [4.78, 5) is 0. The van der Waals surface area contributed by atoms with Crippen LogP contribution in [-0.2, 0) is 13.0 Å². The standard InChI is InChI=1S/C16H25NO/c1-12(2)7-8-17-11-13-5-6-15-14(9-13)10-16(3,4)18-15/h5-6,9,12,17H,7-8,10-11H2,1-4H3. The third kappa shape index (κ3) is 3.49. The van der Waals surface area contributed by atoms with Crippen molar-refractivity contribution in [3.05, 3.63) is 29.3 Å². The summed E-state index contributed by atoms with van der Waals surface area (Å²) in [6.07, 6.45) is 2.25. The van der Waals surface area contributed by atoms with Gasteiger partial charge in [0.2, 0.25) is 0 Å². The van der Waals surface area contributed by atoms with Crippen molar-refractivity contribution in [3.8, 4) is 5.75 Å². The van der Waals surface area contributed by atoms with Crippen LogP contribution >= 0.6 is 0 Å². The van der Waals surface area contributed by atoms with Gasteiger partial charge in [-0.1, -0.05) is 26.0 Å². The van der Waals surface area contributed by atoms with Gasteiger partial charge in [-0.2, -0.15) is 0 Å². The third-order valence-electron chi connectivity index (χ3n) is 3.35. The minimum Gasteiger partial charge on any atom is -0.487 e. The summed E-state index contributed by atoms with van der Waals surface area (Å²) in [5.41, 5.74) is 2.67. The normalized spacial score (nSPS) is 16.7. The van der Waals surface area contributed by atoms with Crippen molar-refractivity contribution >= 4 is 0 Å². The molecule has 0 aromatic heterocycles. The smallest absolute Gasteiger partial charge is 0.123 e. The number of fused-ring (bicyclic) bond motifs is 1. The Kier molecular flexibility index (Phi) is 3.96. The van der Waals surface area contributed by atoms with Crippen LogP contribution in [0.2, 0.25) is 0 Å². The molecule has 1 aromatic rings. The topological polar surface area (TPSA) is 21.3 Å². The Morgan fingerprint density at radius 2 is 2.11 bits per heavy atom. The van der Waals surface area contributed by atoms with Crippen molar-refractivity contribution in [1.82, 2.24) is 5.32 Å². The molecule has 0 amide bonds. The number of rotatable bonds is 5. The molecule has 1 aliphatic rings. The lowest BCUT2D eigenvalue weighted by molar-refractivity contribution is 0.138. The van der Waals surface area contributed by atoms with Crippen LogP contribution in [0.25, 0.3) is 0 Å². The van der Waals surface area contributed by atoms with Gasteiger partial charge in [0.15, 0.2) is 0 Å². The average Bonchev–Trinajstić information content (AvgIpc) is 2.57. The van der Waals surface area contributed by atoms with E-state index in [4.69, 9.17) is 4.74 Å². The maximum Gasteiger partial charge on any atom is 0.123 e. The highest BCUT2D eigenvalue weighted by atomic mass is 16.5. The maximum absolute atomic E-state index is 5.89. The summed E-state index contributed by atoms with van der Waals surface area (Å²) in [7, 11) is 0. The quantitative estimate of drug-likeness (QED) is 0.804. The van der Waals surface area contributed by atoms with Crippen LogP contribution in [0.5, 0.6) is 5.75 Å². The molecule has 2 nitrogen and oxygen atoms in total. The van der Waals surface area contributed by atoms with Crippen LogP contribution in [-0.4, -0.2) is 12.1 Å². The molecule has 2 rings (SSSR count). The van der Waals surface area contributed by atoms with Gasteiger partial charge in [-0.3, -0.25) is 0 Å². The molecule has 0 saturated carbocycles. The molecule has 0 radical (unpaired) electrons. The highest BCUT2D eigenvalue weighted by Crippen LogP contribution is 2.35. The minimum atomic E-state index is -0.0357. The van der Waals surface area contributed by atoms with E-state index in [0.29, 0.717) is 0 Å². The van der Waals surface area contributed by atoms with Crippen molar-refractivity contribution < 1.29 is 4.74 Å². The highest BCUT2D eigenvalue weighted by molar-refractivity contribution is 5.41. The van der Waals surface area contributed by atoms with Crippen molar-refractivity contribution in [3.63, 3.8) is 0 Å². The molecule has 1 N–H and O–H groups in total. The van der Waals surface area contributed by atoms with Crippen LogP contribution in [0.1, 0.15) is 45.2 Å². The fraction of sp³-hybridized carbons (Fsp3) is 0.625. The molecule has 1 aliphatic heterocycles. The van der Waals surface area contributed by atoms with Gasteiger partial charge < -0.3 is 10.1 Å². The Morgan fingerprint density at radius 3 is 2.83 bits per heavy atom. The molecule has 0 spiro atoms. The van der Waals surface area contributed by atoms with E-state index in [0.717, 1.165) is 31.2 Å². The summed E-state index contributed by atoms with van der Waals surface area (Å²) in [5.74, 6) is 1.83. The van der Waals surface area contributed by atoms with Crippen LogP contribution in [0.15, 0.2) is 18.2 Å². The molecule has 0 atom stereocenters. The predicted molar refractivity (Wildman–Crippen MR) is 76.0 cm³/mol. The van der Waals surface area contributed by atoms with Gasteiger partial charge in [-0.25, -0.2) is 0 Å². The Hall–Kier alpha value is -1.02. The molecule has 2 heteroatoms. The zero-order chi connectivity index (χ0) is 13.2. The number of hydrogen-bond acceptors (Lipinski definition) is 2. The average molecular weight is 247 g/mol. The number of nitrogens with one attached hydrogen (secondary N) is 1. The van der Waals surface area contributed by atoms with Crippen molar-refractivity contribution in [2.75, 3.05) is 6.54 Å². The lowest BCUT2D eigenvalue weighted by Crippen LogP contribution is -2.24. The van der Waals surface area contributed by atoms with E-state index in [1.54, 1.807) is 0 Å².